The Balaban J connectivity index is 2.38. The molecule has 0 radical (unpaired) electrons. The summed E-state index contributed by atoms with van der Waals surface area (Å²) < 4.78 is 6.49. The first kappa shape index (κ1) is 29.2. The summed E-state index contributed by atoms with van der Waals surface area (Å²) in [6, 6.07) is 9.20. The standard InChI is InChI=1S/C28H48N2O3/c1-5-6-7-8-9-10-11-18-23-33-28(32)26(24-25-19-14-12-15-20-25)29-27(31)21-16-13-17-22-30(2,3)4/h12,14-15,19-20,26H,5-11,13,16-18,21-24H2,1-4H3/p+1. The first-order valence-corrected chi connectivity index (χ1v) is 13.1. The van der Waals surface area contributed by atoms with Gasteiger partial charge in [-0.1, -0.05) is 82.2 Å². The molecular weight excluding hydrogens is 412 g/mol. The second kappa shape index (κ2) is 17.6. The largest absolute Gasteiger partial charge is 0.464 e. The first-order valence-electron chi connectivity index (χ1n) is 13.1. The fourth-order valence-electron chi connectivity index (χ4n) is 3.87. The number of amides is 1. The van der Waals surface area contributed by atoms with Gasteiger partial charge in [0.15, 0.2) is 0 Å². The van der Waals surface area contributed by atoms with E-state index in [9.17, 15) is 9.59 Å². The average molecular weight is 462 g/mol. The molecule has 1 amide bonds. The molecule has 188 valence electrons. The summed E-state index contributed by atoms with van der Waals surface area (Å²) in [6.07, 6.45) is 13.5. The molecule has 0 heterocycles. The smallest absolute Gasteiger partial charge is 0.328 e. The minimum absolute atomic E-state index is 0.0646. The highest BCUT2D eigenvalue weighted by molar-refractivity contribution is 5.84. The number of quaternary nitrogens is 1. The van der Waals surface area contributed by atoms with E-state index in [4.69, 9.17) is 4.74 Å². The quantitative estimate of drug-likeness (QED) is 0.164. The Labute approximate surface area is 202 Å². The highest BCUT2D eigenvalue weighted by Crippen LogP contribution is 2.10. The van der Waals surface area contributed by atoms with Crippen molar-refractivity contribution in [1.29, 1.82) is 0 Å². The normalized spacial score (nSPS) is 12.4. The van der Waals surface area contributed by atoms with E-state index in [1.165, 1.54) is 38.5 Å². The molecule has 5 heteroatoms. The Hall–Kier alpha value is -1.88. The highest BCUT2D eigenvalue weighted by atomic mass is 16.5. The van der Waals surface area contributed by atoms with E-state index < -0.39 is 6.04 Å². The Morgan fingerprint density at radius 2 is 1.45 bits per heavy atom. The number of ether oxygens (including phenoxy) is 1. The Morgan fingerprint density at radius 3 is 2.09 bits per heavy atom. The zero-order valence-electron chi connectivity index (χ0n) is 21.7. The van der Waals surface area contributed by atoms with E-state index in [-0.39, 0.29) is 11.9 Å². The van der Waals surface area contributed by atoms with Crippen LogP contribution in [0.5, 0.6) is 0 Å². The number of unbranched alkanes of at least 4 members (excludes halogenated alkanes) is 9. The van der Waals surface area contributed by atoms with Crippen LogP contribution in [-0.4, -0.2) is 56.7 Å². The van der Waals surface area contributed by atoms with Crippen LogP contribution < -0.4 is 5.32 Å². The SMILES string of the molecule is CCCCCCCCCCOC(=O)C(Cc1ccccc1)NC(=O)CCCCC[N+](C)(C)C. The van der Waals surface area contributed by atoms with E-state index in [1.54, 1.807) is 0 Å². The fourth-order valence-corrected chi connectivity index (χ4v) is 3.87. The predicted octanol–water partition coefficient (Wildman–Crippen LogP) is 5.66. The summed E-state index contributed by atoms with van der Waals surface area (Å²) in [5.74, 6) is -0.384. The van der Waals surface area contributed by atoms with Gasteiger partial charge in [-0.3, -0.25) is 4.79 Å². The number of rotatable bonds is 19. The van der Waals surface area contributed by atoms with Gasteiger partial charge >= 0.3 is 5.97 Å². The Kier molecular flexibility index (Phi) is 15.5. The molecule has 0 spiro atoms. The van der Waals surface area contributed by atoms with Crippen molar-refractivity contribution in [3.63, 3.8) is 0 Å². The molecule has 0 bridgehead atoms. The van der Waals surface area contributed by atoms with Crippen LogP contribution in [0.4, 0.5) is 0 Å². The minimum atomic E-state index is -0.625. The third-order valence-electron chi connectivity index (χ3n) is 5.88. The van der Waals surface area contributed by atoms with Gasteiger partial charge in [-0.15, -0.1) is 0 Å². The molecule has 5 nitrogen and oxygen atoms in total. The average Bonchev–Trinajstić information content (AvgIpc) is 2.77. The second-order valence-corrected chi connectivity index (χ2v) is 10.3. The lowest BCUT2D eigenvalue weighted by Crippen LogP contribution is -2.43. The lowest BCUT2D eigenvalue weighted by molar-refractivity contribution is -0.870. The van der Waals surface area contributed by atoms with E-state index in [2.05, 4.69) is 33.4 Å². The van der Waals surface area contributed by atoms with Gasteiger partial charge < -0.3 is 14.5 Å². The molecular formula is C28H49N2O3+. The topological polar surface area (TPSA) is 55.4 Å². The lowest BCUT2D eigenvalue weighted by Gasteiger charge is -2.23. The van der Waals surface area contributed by atoms with Crippen LogP contribution in [-0.2, 0) is 20.7 Å². The third-order valence-corrected chi connectivity index (χ3v) is 5.88. The minimum Gasteiger partial charge on any atom is -0.464 e. The number of hydrogen-bond donors (Lipinski definition) is 1. The number of nitrogens with zero attached hydrogens (tertiary/aromatic N) is 1. The number of benzene rings is 1. The van der Waals surface area contributed by atoms with Crippen molar-refractivity contribution in [2.24, 2.45) is 0 Å². The van der Waals surface area contributed by atoms with E-state index in [0.717, 1.165) is 48.7 Å². The number of nitrogens with one attached hydrogen (secondary N) is 1. The Bertz CT molecular complexity index is 640. The van der Waals surface area contributed by atoms with Crippen LogP contribution in [0.1, 0.15) is 89.5 Å². The van der Waals surface area contributed by atoms with E-state index >= 15 is 0 Å². The van der Waals surface area contributed by atoms with Crippen molar-refractivity contribution < 1.29 is 18.8 Å². The molecule has 33 heavy (non-hydrogen) atoms. The maximum Gasteiger partial charge on any atom is 0.328 e. The molecule has 0 aromatic heterocycles. The van der Waals surface area contributed by atoms with Gasteiger partial charge in [0.05, 0.1) is 34.3 Å². The molecule has 1 aromatic carbocycles. The fraction of sp³-hybridized carbons (Fsp3) is 0.714. The van der Waals surface area contributed by atoms with Crippen LogP contribution in [0.15, 0.2) is 30.3 Å². The van der Waals surface area contributed by atoms with Gasteiger partial charge in [-0.05, 0) is 31.2 Å². The zero-order valence-corrected chi connectivity index (χ0v) is 21.7. The molecule has 0 aliphatic carbocycles. The van der Waals surface area contributed by atoms with Crippen molar-refractivity contribution in [1.82, 2.24) is 5.32 Å². The molecule has 1 atom stereocenters. The molecule has 0 saturated heterocycles. The van der Waals surface area contributed by atoms with Crippen LogP contribution in [0, 0.1) is 0 Å². The summed E-state index contributed by atoms with van der Waals surface area (Å²) in [5, 5.41) is 2.94. The van der Waals surface area contributed by atoms with Crippen molar-refractivity contribution >= 4 is 11.9 Å². The second-order valence-electron chi connectivity index (χ2n) is 10.3. The highest BCUT2D eigenvalue weighted by Gasteiger charge is 2.22. The third kappa shape index (κ3) is 16.4. The van der Waals surface area contributed by atoms with Crippen LogP contribution in [0.25, 0.3) is 0 Å². The monoisotopic (exact) mass is 461 g/mol. The van der Waals surface area contributed by atoms with Gasteiger partial charge in [0, 0.05) is 12.8 Å². The van der Waals surface area contributed by atoms with Gasteiger partial charge in [0.2, 0.25) is 5.91 Å². The van der Waals surface area contributed by atoms with Crippen molar-refractivity contribution in [2.45, 2.75) is 96.4 Å². The lowest BCUT2D eigenvalue weighted by atomic mass is 10.1. The van der Waals surface area contributed by atoms with E-state index in [1.807, 2.05) is 30.3 Å². The zero-order chi connectivity index (χ0) is 24.4. The number of carbonyl (C=O) groups excluding carboxylic acids is 2. The number of carbonyl (C=O) groups is 2. The van der Waals surface area contributed by atoms with Crippen molar-refractivity contribution in [3.8, 4) is 0 Å². The molecule has 0 aliphatic heterocycles. The molecule has 1 N–H and O–H groups in total. The summed E-state index contributed by atoms with van der Waals surface area (Å²) in [6.45, 7) is 3.76. The van der Waals surface area contributed by atoms with Gasteiger partial charge in [-0.2, -0.15) is 0 Å². The molecule has 0 saturated carbocycles. The first-order chi connectivity index (χ1) is 15.8. The van der Waals surface area contributed by atoms with Crippen LogP contribution >= 0.6 is 0 Å². The summed E-state index contributed by atoms with van der Waals surface area (Å²) in [5.41, 5.74) is 1.02. The van der Waals surface area contributed by atoms with Gasteiger partial charge in [0.25, 0.3) is 0 Å². The number of esters is 1. The van der Waals surface area contributed by atoms with Crippen molar-refractivity contribution in [3.05, 3.63) is 35.9 Å². The molecule has 1 aromatic rings. The molecule has 0 aliphatic rings. The molecule has 1 rings (SSSR count). The predicted molar refractivity (Wildman–Crippen MR) is 137 cm³/mol. The maximum absolute atomic E-state index is 12.7. The van der Waals surface area contributed by atoms with Crippen molar-refractivity contribution in [2.75, 3.05) is 34.3 Å². The summed E-state index contributed by atoms with van der Waals surface area (Å²) in [7, 11) is 6.54. The van der Waals surface area contributed by atoms with Crippen LogP contribution in [0.3, 0.4) is 0 Å². The van der Waals surface area contributed by atoms with E-state index in [0.29, 0.717) is 19.4 Å². The summed E-state index contributed by atoms with van der Waals surface area (Å²) in [4.78, 5) is 25.2. The molecule has 0 fully saturated rings. The Morgan fingerprint density at radius 1 is 0.848 bits per heavy atom. The summed E-state index contributed by atoms with van der Waals surface area (Å²) >= 11 is 0. The van der Waals surface area contributed by atoms with Gasteiger partial charge in [0.1, 0.15) is 6.04 Å². The van der Waals surface area contributed by atoms with Gasteiger partial charge in [-0.25, -0.2) is 4.79 Å². The van der Waals surface area contributed by atoms with Crippen LogP contribution in [0.2, 0.25) is 0 Å². The maximum atomic E-state index is 12.7. The molecule has 1 unspecified atom stereocenters. The number of hydrogen-bond acceptors (Lipinski definition) is 3.